The van der Waals surface area contributed by atoms with Crippen molar-refractivity contribution in [3.8, 4) is 0 Å². The number of nitrogens with zero attached hydrogens (tertiary/aromatic N) is 1. The van der Waals surface area contributed by atoms with Crippen LogP contribution in [0.25, 0.3) is 0 Å². The van der Waals surface area contributed by atoms with Crippen LogP contribution in [0.5, 0.6) is 0 Å². The van der Waals surface area contributed by atoms with Gasteiger partial charge < -0.3 is 5.32 Å². The summed E-state index contributed by atoms with van der Waals surface area (Å²) in [6, 6.07) is 6.06. The molecular formula is C17H26N2O. The first-order chi connectivity index (χ1) is 9.59. The number of nitrogens with one attached hydrogen (secondary N) is 1. The number of benzene rings is 1. The van der Waals surface area contributed by atoms with Gasteiger partial charge in [0.05, 0.1) is 6.04 Å². The molecule has 1 aromatic carbocycles. The molecule has 1 N–H and O–H groups in total. The minimum atomic E-state index is -0.0490. The summed E-state index contributed by atoms with van der Waals surface area (Å²) in [5, 5.41) is 3.12. The van der Waals surface area contributed by atoms with Gasteiger partial charge in [-0.1, -0.05) is 31.0 Å². The molecule has 0 aliphatic carbocycles. The summed E-state index contributed by atoms with van der Waals surface area (Å²) >= 11 is 0. The maximum Gasteiger partial charge on any atom is 0.241 e. The van der Waals surface area contributed by atoms with Gasteiger partial charge in [0.15, 0.2) is 0 Å². The third-order valence-electron chi connectivity index (χ3n) is 4.30. The highest BCUT2D eigenvalue weighted by molar-refractivity contribution is 5.95. The van der Waals surface area contributed by atoms with Gasteiger partial charge in [-0.2, -0.15) is 0 Å². The quantitative estimate of drug-likeness (QED) is 0.915. The van der Waals surface area contributed by atoms with E-state index in [2.05, 4.69) is 10.2 Å². The lowest BCUT2D eigenvalue weighted by Crippen LogP contribution is -2.42. The van der Waals surface area contributed by atoms with E-state index >= 15 is 0 Å². The van der Waals surface area contributed by atoms with Crippen molar-refractivity contribution in [3.63, 3.8) is 0 Å². The van der Waals surface area contributed by atoms with E-state index in [1.807, 2.05) is 39.0 Å². The van der Waals surface area contributed by atoms with Gasteiger partial charge in [0.25, 0.3) is 0 Å². The Bertz CT molecular complexity index is 442. The van der Waals surface area contributed by atoms with Gasteiger partial charge in [0.1, 0.15) is 0 Å². The number of carbonyl (C=O) groups excluding carboxylic acids is 1. The highest BCUT2D eigenvalue weighted by Gasteiger charge is 2.22. The van der Waals surface area contributed by atoms with E-state index < -0.39 is 0 Å². The zero-order chi connectivity index (χ0) is 14.5. The molecule has 0 aromatic heterocycles. The zero-order valence-corrected chi connectivity index (χ0v) is 12.9. The fourth-order valence-electron chi connectivity index (χ4n) is 2.89. The van der Waals surface area contributed by atoms with Crippen LogP contribution in [-0.2, 0) is 4.79 Å². The Morgan fingerprint density at radius 1 is 1.10 bits per heavy atom. The summed E-state index contributed by atoms with van der Waals surface area (Å²) < 4.78 is 0. The van der Waals surface area contributed by atoms with Gasteiger partial charge in [-0.15, -0.1) is 0 Å². The summed E-state index contributed by atoms with van der Waals surface area (Å²) in [6.45, 7) is 8.19. The monoisotopic (exact) mass is 274 g/mol. The van der Waals surface area contributed by atoms with Crippen molar-refractivity contribution in [2.75, 3.05) is 18.4 Å². The van der Waals surface area contributed by atoms with Gasteiger partial charge in [-0.3, -0.25) is 9.69 Å². The van der Waals surface area contributed by atoms with Gasteiger partial charge in [-0.05, 0) is 57.8 Å². The summed E-state index contributed by atoms with van der Waals surface area (Å²) in [7, 11) is 0. The summed E-state index contributed by atoms with van der Waals surface area (Å²) in [5.41, 5.74) is 3.22. The van der Waals surface area contributed by atoms with Crippen LogP contribution in [0.15, 0.2) is 18.2 Å². The Kier molecular flexibility index (Phi) is 5.18. The maximum absolute atomic E-state index is 12.5. The lowest BCUT2D eigenvalue weighted by atomic mass is 10.1. The van der Waals surface area contributed by atoms with Crippen molar-refractivity contribution in [3.05, 3.63) is 29.3 Å². The molecule has 1 saturated heterocycles. The number of aryl methyl sites for hydroxylation is 2. The van der Waals surface area contributed by atoms with E-state index in [-0.39, 0.29) is 11.9 Å². The molecular weight excluding hydrogens is 248 g/mol. The first-order valence-corrected chi connectivity index (χ1v) is 7.70. The molecule has 110 valence electrons. The van der Waals surface area contributed by atoms with Gasteiger partial charge in [-0.25, -0.2) is 0 Å². The molecule has 20 heavy (non-hydrogen) atoms. The van der Waals surface area contributed by atoms with Crippen molar-refractivity contribution in [2.45, 2.75) is 52.5 Å². The van der Waals surface area contributed by atoms with Crippen LogP contribution in [0.3, 0.4) is 0 Å². The molecule has 1 heterocycles. The molecule has 0 radical (unpaired) electrons. The third-order valence-corrected chi connectivity index (χ3v) is 4.30. The number of carbonyl (C=O) groups is 1. The second-order valence-electron chi connectivity index (χ2n) is 5.88. The molecule has 0 saturated carbocycles. The number of amides is 1. The van der Waals surface area contributed by atoms with E-state index in [1.165, 1.54) is 25.7 Å². The first-order valence-electron chi connectivity index (χ1n) is 7.70. The molecule has 1 aliphatic heterocycles. The van der Waals surface area contributed by atoms with Crippen molar-refractivity contribution >= 4 is 11.6 Å². The highest BCUT2D eigenvalue weighted by Crippen LogP contribution is 2.20. The lowest BCUT2D eigenvalue weighted by molar-refractivity contribution is -0.120. The molecule has 3 heteroatoms. The van der Waals surface area contributed by atoms with Gasteiger partial charge >= 0.3 is 0 Å². The van der Waals surface area contributed by atoms with Crippen LogP contribution in [0.4, 0.5) is 5.69 Å². The number of rotatable bonds is 3. The van der Waals surface area contributed by atoms with Crippen LogP contribution >= 0.6 is 0 Å². The largest absolute Gasteiger partial charge is 0.324 e. The van der Waals surface area contributed by atoms with Crippen LogP contribution in [-0.4, -0.2) is 29.9 Å². The summed E-state index contributed by atoms with van der Waals surface area (Å²) in [5.74, 6) is 0.115. The van der Waals surface area contributed by atoms with Crippen molar-refractivity contribution in [1.82, 2.24) is 4.90 Å². The fraction of sp³-hybridized carbons (Fsp3) is 0.588. The number of para-hydroxylation sites is 1. The molecule has 1 aliphatic rings. The van der Waals surface area contributed by atoms with Crippen molar-refractivity contribution in [2.24, 2.45) is 0 Å². The van der Waals surface area contributed by atoms with Crippen molar-refractivity contribution in [1.29, 1.82) is 0 Å². The number of anilines is 1. The van der Waals surface area contributed by atoms with E-state index in [4.69, 9.17) is 0 Å². The SMILES string of the molecule is Cc1cccc(C)c1NC(=O)[C@@H](C)N1CCCCCC1. The Morgan fingerprint density at radius 3 is 2.20 bits per heavy atom. The zero-order valence-electron chi connectivity index (χ0n) is 12.9. The van der Waals surface area contributed by atoms with Crippen LogP contribution < -0.4 is 5.32 Å². The van der Waals surface area contributed by atoms with E-state index in [9.17, 15) is 4.79 Å². The predicted octanol–water partition coefficient (Wildman–Crippen LogP) is 3.51. The number of hydrogen-bond donors (Lipinski definition) is 1. The van der Waals surface area contributed by atoms with E-state index in [1.54, 1.807) is 0 Å². The standard InChI is InChI=1S/C17H26N2O/c1-13-9-8-10-14(2)16(13)18-17(20)15(3)19-11-6-4-5-7-12-19/h8-10,15H,4-7,11-12H2,1-3H3,(H,18,20)/t15-/m1/s1. The molecule has 0 unspecified atom stereocenters. The summed E-state index contributed by atoms with van der Waals surface area (Å²) in [6.07, 6.45) is 5.01. The Morgan fingerprint density at radius 2 is 1.65 bits per heavy atom. The number of likely N-dealkylation sites (tertiary alicyclic amines) is 1. The fourth-order valence-corrected chi connectivity index (χ4v) is 2.89. The Hall–Kier alpha value is -1.35. The lowest BCUT2D eigenvalue weighted by Gasteiger charge is -2.27. The topological polar surface area (TPSA) is 32.3 Å². The van der Waals surface area contributed by atoms with Crippen LogP contribution in [0.1, 0.15) is 43.7 Å². The first kappa shape index (κ1) is 15.0. The van der Waals surface area contributed by atoms with E-state index in [0.29, 0.717) is 0 Å². The predicted molar refractivity (Wildman–Crippen MR) is 84.0 cm³/mol. The average Bonchev–Trinajstić information content (AvgIpc) is 2.71. The minimum Gasteiger partial charge on any atom is -0.324 e. The molecule has 1 aromatic rings. The van der Waals surface area contributed by atoms with Crippen molar-refractivity contribution < 1.29 is 4.79 Å². The van der Waals surface area contributed by atoms with Gasteiger partial charge in [0, 0.05) is 5.69 Å². The molecule has 1 fully saturated rings. The van der Waals surface area contributed by atoms with Crippen LogP contribution in [0.2, 0.25) is 0 Å². The molecule has 2 rings (SSSR count). The molecule has 0 spiro atoms. The minimum absolute atomic E-state index is 0.0490. The smallest absolute Gasteiger partial charge is 0.241 e. The van der Waals surface area contributed by atoms with Crippen LogP contribution in [0, 0.1) is 13.8 Å². The Balaban J connectivity index is 2.03. The average molecular weight is 274 g/mol. The molecule has 1 amide bonds. The normalized spacial score (nSPS) is 18.4. The Labute approximate surface area is 122 Å². The maximum atomic E-state index is 12.5. The highest BCUT2D eigenvalue weighted by atomic mass is 16.2. The number of hydrogen-bond acceptors (Lipinski definition) is 2. The molecule has 1 atom stereocenters. The summed E-state index contributed by atoms with van der Waals surface area (Å²) in [4.78, 5) is 14.8. The second kappa shape index (κ2) is 6.89. The van der Waals surface area contributed by atoms with Gasteiger partial charge in [0.2, 0.25) is 5.91 Å². The second-order valence-corrected chi connectivity index (χ2v) is 5.88. The third kappa shape index (κ3) is 3.60. The van der Waals surface area contributed by atoms with E-state index in [0.717, 1.165) is 29.9 Å². The molecule has 3 nitrogen and oxygen atoms in total. The molecule has 0 bridgehead atoms.